The number of nitrogens with zero attached hydrogens (tertiary/aromatic N) is 1. The number of benzene rings is 1. The van der Waals surface area contributed by atoms with E-state index in [9.17, 15) is 15.0 Å². The molecule has 1 spiro atoms. The molecule has 0 aromatic heterocycles. The average Bonchev–Trinajstić information content (AvgIpc) is 2.92. The minimum atomic E-state index is -1.70. The Morgan fingerprint density at radius 3 is 2.92 bits per heavy atom. The van der Waals surface area contributed by atoms with Crippen LogP contribution in [0.15, 0.2) is 24.3 Å². The quantitative estimate of drug-likeness (QED) is 0.779. The van der Waals surface area contributed by atoms with Crippen LogP contribution in [0.3, 0.4) is 0 Å². The molecule has 1 fully saturated rings. The van der Waals surface area contributed by atoms with Crippen molar-refractivity contribution in [1.82, 2.24) is 4.90 Å². The number of likely N-dealkylation sites (tertiary alicyclic amines) is 1. The molecule has 0 amide bonds. The van der Waals surface area contributed by atoms with Crippen molar-refractivity contribution in [2.75, 3.05) is 20.7 Å². The zero-order chi connectivity index (χ0) is 17.6. The van der Waals surface area contributed by atoms with Gasteiger partial charge in [-0.3, -0.25) is 0 Å². The molecule has 2 heterocycles. The number of hydrogen-bond acceptors (Lipinski definition) is 5. The first-order chi connectivity index (χ1) is 12.0. The summed E-state index contributed by atoms with van der Waals surface area (Å²) in [6, 6.07) is 4.06. The van der Waals surface area contributed by atoms with Gasteiger partial charge in [0.1, 0.15) is 6.10 Å². The minimum Gasteiger partial charge on any atom is -0.493 e. The molecule has 4 aliphatic rings. The molecule has 1 aromatic rings. The second-order valence-corrected chi connectivity index (χ2v) is 7.60. The molecule has 6 nitrogen and oxygen atoms in total. The van der Waals surface area contributed by atoms with Gasteiger partial charge >= 0.3 is 5.97 Å². The highest BCUT2D eigenvalue weighted by Crippen LogP contribution is 2.66. The van der Waals surface area contributed by atoms with Crippen LogP contribution in [-0.2, 0) is 16.6 Å². The summed E-state index contributed by atoms with van der Waals surface area (Å²) >= 11 is 0. The van der Waals surface area contributed by atoms with E-state index in [4.69, 9.17) is 9.47 Å². The van der Waals surface area contributed by atoms with Gasteiger partial charge in [-0.15, -0.1) is 0 Å². The number of hydrogen-bond donors (Lipinski definition) is 2. The molecule has 6 heteroatoms. The molecular formula is C19H21NO5. The third kappa shape index (κ3) is 1.44. The molecule has 1 saturated heterocycles. The number of carboxylic acid groups (broad SMARTS) is 1. The zero-order valence-corrected chi connectivity index (χ0v) is 14.2. The standard InChI is InChI=1S/C19H21NO5/c1-20-8-7-18-11-4-6-14(21)19(18,17(22)23)25-16-13(24-2)5-3-10(15(16)18)9-12(11)20/h3-6,11-12,14,21H,7-9H2,1-2H3,(H,22,23)/t11-,12+,14-,18-,19+/m0/s1. The number of methoxy groups -OCH3 is 1. The Labute approximate surface area is 145 Å². The Hall–Kier alpha value is -2.05. The van der Waals surface area contributed by atoms with Crippen LogP contribution in [0.4, 0.5) is 0 Å². The number of piperidine rings is 1. The molecule has 5 atom stereocenters. The van der Waals surface area contributed by atoms with E-state index in [-0.39, 0.29) is 12.0 Å². The number of carboxylic acids is 1. The minimum absolute atomic E-state index is 0.00777. The Kier molecular flexibility index (Phi) is 2.78. The Balaban J connectivity index is 1.90. The summed E-state index contributed by atoms with van der Waals surface area (Å²) in [6.45, 7) is 0.774. The van der Waals surface area contributed by atoms with Gasteiger partial charge in [-0.1, -0.05) is 18.2 Å². The summed E-state index contributed by atoms with van der Waals surface area (Å²) in [6.07, 6.45) is 3.88. The maximum atomic E-state index is 12.5. The van der Waals surface area contributed by atoms with Gasteiger partial charge in [-0.25, -0.2) is 4.79 Å². The van der Waals surface area contributed by atoms with E-state index in [2.05, 4.69) is 11.9 Å². The Morgan fingerprint density at radius 2 is 2.20 bits per heavy atom. The smallest absolute Gasteiger partial charge is 0.352 e. The lowest BCUT2D eigenvalue weighted by atomic mass is 9.48. The first-order valence-corrected chi connectivity index (χ1v) is 8.66. The van der Waals surface area contributed by atoms with E-state index in [1.807, 2.05) is 18.2 Å². The number of likely N-dealkylation sites (N-methyl/N-ethyl adjacent to an activating group) is 1. The number of rotatable bonds is 2. The third-order valence-electron chi connectivity index (χ3n) is 6.87. The summed E-state index contributed by atoms with van der Waals surface area (Å²) in [5.41, 5.74) is -0.416. The van der Waals surface area contributed by atoms with Gasteiger partial charge in [-0.2, -0.15) is 0 Å². The molecule has 2 aliphatic heterocycles. The van der Waals surface area contributed by atoms with E-state index < -0.39 is 23.1 Å². The second kappa shape index (κ2) is 4.56. The lowest BCUT2D eigenvalue weighted by Gasteiger charge is -2.59. The fourth-order valence-corrected chi connectivity index (χ4v) is 5.82. The van der Waals surface area contributed by atoms with E-state index in [0.717, 1.165) is 24.1 Å². The van der Waals surface area contributed by atoms with Crippen LogP contribution < -0.4 is 9.47 Å². The van der Waals surface area contributed by atoms with Gasteiger partial charge < -0.3 is 24.6 Å². The number of aliphatic carboxylic acids is 1. The first-order valence-electron chi connectivity index (χ1n) is 8.66. The van der Waals surface area contributed by atoms with Crippen LogP contribution >= 0.6 is 0 Å². The van der Waals surface area contributed by atoms with Crippen molar-refractivity contribution < 1.29 is 24.5 Å². The number of carbonyl (C=O) groups is 1. The molecule has 1 aromatic carbocycles. The molecule has 0 radical (unpaired) electrons. The number of ether oxygens (including phenoxy) is 2. The molecule has 2 bridgehead atoms. The number of aliphatic hydroxyl groups is 1. The van der Waals surface area contributed by atoms with E-state index in [1.165, 1.54) is 0 Å². The average molecular weight is 343 g/mol. The van der Waals surface area contributed by atoms with Crippen molar-refractivity contribution in [3.05, 3.63) is 35.4 Å². The predicted molar refractivity (Wildman–Crippen MR) is 89.0 cm³/mol. The fourth-order valence-electron chi connectivity index (χ4n) is 5.82. The monoisotopic (exact) mass is 343 g/mol. The zero-order valence-electron chi connectivity index (χ0n) is 14.2. The van der Waals surface area contributed by atoms with Gasteiger partial charge in [0.15, 0.2) is 11.5 Å². The van der Waals surface area contributed by atoms with E-state index in [0.29, 0.717) is 17.9 Å². The van der Waals surface area contributed by atoms with Crippen molar-refractivity contribution in [3.8, 4) is 11.5 Å². The first kappa shape index (κ1) is 15.2. The normalized spacial score (nSPS) is 40.4. The van der Waals surface area contributed by atoms with Gasteiger partial charge in [0, 0.05) is 17.5 Å². The molecular weight excluding hydrogens is 322 g/mol. The SMILES string of the molecule is COc1ccc2c3c1O[C@@]1(C(=O)O)[C@@H](O)C=C[C@H]4[C@@H](C2)N(C)CC[C@@]341. The molecule has 132 valence electrons. The Bertz CT molecular complexity index is 820. The van der Waals surface area contributed by atoms with Gasteiger partial charge in [-0.05, 0) is 38.1 Å². The van der Waals surface area contributed by atoms with Crippen molar-refractivity contribution in [2.45, 2.75) is 36.0 Å². The van der Waals surface area contributed by atoms with Crippen LogP contribution in [0, 0.1) is 5.92 Å². The molecule has 5 rings (SSSR count). The van der Waals surface area contributed by atoms with E-state index in [1.54, 1.807) is 13.2 Å². The Morgan fingerprint density at radius 1 is 1.40 bits per heavy atom. The molecule has 0 unspecified atom stereocenters. The van der Waals surface area contributed by atoms with Crippen LogP contribution in [-0.4, -0.2) is 59.5 Å². The fraction of sp³-hybridized carbons (Fsp3) is 0.526. The van der Waals surface area contributed by atoms with Crippen molar-refractivity contribution in [2.24, 2.45) is 5.92 Å². The topological polar surface area (TPSA) is 79.2 Å². The molecule has 2 aliphatic carbocycles. The maximum absolute atomic E-state index is 12.5. The van der Waals surface area contributed by atoms with Crippen molar-refractivity contribution >= 4 is 5.97 Å². The van der Waals surface area contributed by atoms with Gasteiger partial charge in [0.25, 0.3) is 0 Å². The second-order valence-electron chi connectivity index (χ2n) is 7.60. The van der Waals surface area contributed by atoms with Gasteiger partial charge in [0.05, 0.1) is 12.5 Å². The highest BCUT2D eigenvalue weighted by atomic mass is 16.6. The summed E-state index contributed by atoms with van der Waals surface area (Å²) in [5, 5.41) is 21.0. The van der Waals surface area contributed by atoms with Crippen LogP contribution in [0.5, 0.6) is 11.5 Å². The van der Waals surface area contributed by atoms with Gasteiger partial charge in [0.2, 0.25) is 5.60 Å². The summed E-state index contributed by atoms with van der Waals surface area (Å²) in [5.74, 6) is -0.0833. The lowest BCUT2D eigenvalue weighted by molar-refractivity contribution is -0.181. The highest BCUT2D eigenvalue weighted by molar-refractivity contribution is 5.87. The molecule has 0 saturated carbocycles. The number of aliphatic hydroxyl groups excluding tert-OH is 1. The van der Waals surface area contributed by atoms with E-state index >= 15 is 0 Å². The van der Waals surface area contributed by atoms with Crippen LogP contribution in [0.2, 0.25) is 0 Å². The third-order valence-corrected chi connectivity index (χ3v) is 6.87. The lowest BCUT2D eigenvalue weighted by Crippen LogP contribution is -2.73. The summed E-state index contributed by atoms with van der Waals surface area (Å²) in [4.78, 5) is 14.8. The molecule has 25 heavy (non-hydrogen) atoms. The summed E-state index contributed by atoms with van der Waals surface area (Å²) < 4.78 is 11.6. The van der Waals surface area contributed by atoms with Crippen molar-refractivity contribution in [3.63, 3.8) is 0 Å². The predicted octanol–water partition coefficient (Wildman–Crippen LogP) is 0.956. The maximum Gasteiger partial charge on any atom is 0.352 e. The van der Waals surface area contributed by atoms with Crippen LogP contribution in [0.25, 0.3) is 0 Å². The molecule has 2 N–H and O–H groups in total. The van der Waals surface area contributed by atoms with Crippen LogP contribution in [0.1, 0.15) is 17.5 Å². The van der Waals surface area contributed by atoms with Crippen molar-refractivity contribution in [1.29, 1.82) is 0 Å². The highest BCUT2D eigenvalue weighted by Gasteiger charge is 2.75. The summed E-state index contributed by atoms with van der Waals surface area (Å²) in [7, 11) is 3.64. The largest absolute Gasteiger partial charge is 0.493 e.